The highest BCUT2D eigenvalue weighted by molar-refractivity contribution is 5.94. The van der Waals surface area contributed by atoms with Crippen LogP contribution in [0.3, 0.4) is 0 Å². The molecule has 0 heterocycles. The molecule has 0 radical (unpaired) electrons. The second kappa shape index (κ2) is 9.88. The normalized spacial score (nSPS) is 11.8. The quantitative estimate of drug-likeness (QED) is 0.507. The molecule has 2 aromatic carbocycles. The standard InChI is InChI=1S/C22H29FN4O/c1-5-25-21(26-14-16-8-6-9-17(12-16)20(28)24-4)27-15-22(2,3)18-10-7-11-19(23)13-18/h6-13H,5,14-15H2,1-4H3,(H,24,28)(H2,25,26,27). The molecule has 0 spiro atoms. The molecule has 0 unspecified atom stereocenters. The van der Waals surface area contributed by atoms with Crippen LogP contribution in [0.1, 0.15) is 42.3 Å². The number of nitrogens with zero attached hydrogens (tertiary/aromatic N) is 1. The van der Waals surface area contributed by atoms with Crippen molar-refractivity contribution in [2.24, 2.45) is 4.99 Å². The van der Waals surface area contributed by atoms with Gasteiger partial charge in [-0.05, 0) is 42.3 Å². The van der Waals surface area contributed by atoms with E-state index < -0.39 is 0 Å². The van der Waals surface area contributed by atoms with Gasteiger partial charge in [-0.25, -0.2) is 9.38 Å². The lowest BCUT2D eigenvalue weighted by Gasteiger charge is -2.27. The smallest absolute Gasteiger partial charge is 0.251 e. The predicted octanol–water partition coefficient (Wildman–Crippen LogP) is 3.22. The summed E-state index contributed by atoms with van der Waals surface area (Å²) in [6.07, 6.45) is 0. The number of halogens is 1. The van der Waals surface area contributed by atoms with E-state index >= 15 is 0 Å². The Labute approximate surface area is 166 Å². The molecule has 3 N–H and O–H groups in total. The number of hydrogen-bond acceptors (Lipinski definition) is 2. The number of rotatable bonds is 7. The van der Waals surface area contributed by atoms with Gasteiger partial charge in [0.25, 0.3) is 5.91 Å². The average Bonchev–Trinajstić information content (AvgIpc) is 2.69. The molecule has 1 amide bonds. The van der Waals surface area contributed by atoms with Gasteiger partial charge in [-0.3, -0.25) is 4.79 Å². The Hall–Kier alpha value is -2.89. The number of amides is 1. The van der Waals surface area contributed by atoms with Gasteiger partial charge in [-0.2, -0.15) is 0 Å². The van der Waals surface area contributed by atoms with Crippen LogP contribution >= 0.6 is 0 Å². The summed E-state index contributed by atoms with van der Waals surface area (Å²) in [5.74, 6) is 0.326. The molecule has 0 atom stereocenters. The third-order valence-electron chi connectivity index (χ3n) is 4.48. The fourth-order valence-corrected chi connectivity index (χ4v) is 2.78. The Balaban J connectivity index is 2.07. The number of carbonyl (C=O) groups excluding carboxylic acids is 1. The van der Waals surface area contributed by atoms with E-state index in [1.807, 2.05) is 31.2 Å². The molecule has 0 saturated carbocycles. The van der Waals surface area contributed by atoms with E-state index in [9.17, 15) is 9.18 Å². The Morgan fingerprint density at radius 1 is 1.11 bits per heavy atom. The van der Waals surface area contributed by atoms with Gasteiger partial charge in [0.1, 0.15) is 5.82 Å². The van der Waals surface area contributed by atoms with Crippen molar-refractivity contribution in [1.82, 2.24) is 16.0 Å². The van der Waals surface area contributed by atoms with Gasteiger partial charge in [0.05, 0.1) is 6.54 Å². The van der Waals surface area contributed by atoms with Crippen molar-refractivity contribution in [2.45, 2.75) is 32.7 Å². The molecule has 28 heavy (non-hydrogen) atoms. The minimum atomic E-state index is -0.266. The van der Waals surface area contributed by atoms with Crippen molar-refractivity contribution in [1.29, 1.82) is 0 Å². The third-order valence-corrected chi connectivity index (χ3v) is 4.48. The summed E-state index contributed by atoms with van der Waals surface area (Å²) >= 11 is 0. The first-order valence-corrected chi connectivity index (χ1v) is 9.45. The number of benzene rings is 2. The maximum atomic E-state index is 13.6. The van der Waals surface area contributed by atoms with Crippen LogP contribution in [0, 0.1) is 5.82 Å². The topological polar surface area (TPSA) is 65.5 Å². The maximum Gasteiger partial charge on any atom is 0.251 e. The Morgan fingerprint density at radius 2 is 1.86 bits per heavy atom. The third kappa shape index (κ3) is 6.08. The zero-order valence-electron chi connectivity index (χ0n) is 17.0. The van der Waals surface area contributed by atoms with E-state index in [4.69, 9.17) is 0 Å². The molecular weight excluding hydrogens is 355 g/mol. The maximum absolute atomic E-state index is 13.6. The zero-order chi connectivity index (χ0) is 20.6. The van der Waals surface area contributed by atoms with E-state index in [0.29, 0.717) is 24.6 Å². The molecule has 6 heteroatoms. The highest BCUT2D eigenvalue weighted by Crippen LogP contribution is 2.22. The molecule has 0 aliphatic heterocycles. The first-order valence-electron chi connectivity index (χ1n) is 9.45. The van der Waals surface area contributed by atoms with Gasteiger partial charge in [-0.15, -0.1) is 0 Å². The first-order chi connectivity index (χ1) is 13.4. The summed E-state index contributed by atoms with van der Waals surface area (Å²) in [6.45, 7) is 7.89. The second-order valence-electron chi connectivity index (χ2n) is 7.22. The van der Waals surface area contributed by atoms with E-state index in [1.165, 1.54) is 6.07 Å². The van der Waals surface area contributed by atoms with Gasteiger partial charge in [0, 0.05) is 31.1 Å². The summed E-state index contributed by atoms with van der Waals surface area (Å²) in [5.41, 5.74) is 2.22. The fourth-order valence-electron chi connectivity index (χ4n) is 2.78. The van der Waals surface area contributed by atoms with Gasteiger partial charge in [-0.1, -0.05) is 38.1 Å². The van der Waals surface area contributed by atoms with Gasteiger partial charge in [0.15, 0.2) is 5.96 Å². The summed E-state index contributed by atoms with van der Waals surface area (Å²) in [5, 5.41) is 9.18. The number of nitrogens with one attached hydrogen (secondary N) is 3. The Kier molecular flexibility index (Phi) is 7.55. The van der Waals surface area contributed by atoms with Crippen LogP contribution < -0.4 is 16.0 Å². The van der Waals surface area contributed by atoms with Crippen LogP contribution in [0.15, 0.2) is 53.5 Å². The fraction of sp³-hybridized carbons (Fsp3) is 0.364. The largest absolute Gasteiger partial charge is 0.357 e. The van der Waals surface area contributed by atoms with E-state index in [2.05, 4.69) is 34.8 Å². The van der Waals surface area contributed by atoms with Gasteiger partial charge >= 0.3 is 0 Å². The molecule has 0 aliphatic carbocycles. The lowest BCUT2D eigenvalue weighted by Crippen LogP contribution is -2.43. The number of aliphatic imine (C=N–C) groups is 1. The highest BCUT2D eigenvalue weighted by atomic mass is 19.1. The van der Waals surface area contributed by atoms with Crippen molar-refractivity contribution in [2.75, 3.05) is 20.1 Å². The SMILES string of the molecule is CCNC(=NCc1cccc(C(=O)NC)c1)NCC(C)(C)c1cccc(F)c1. The zero-order valence-corrected chi connectivity index (χ0v) is 17.0. The number of carbonyl (C=O) groups is 1. The second-order valence-corrected chi connectivity index (χ2v) is 7.22. The number of hydrogen-bond donors (Lipinski definition) is 3. The molecule has 2 aromatic rings. The summed E-state index contributed by atoms with van der Waals surface area (Å²) in [6, 6.07) is 14.1. The Bertz CT molecular complexity index is 833. The van der Waals surface area contributed by atoms with Crippen molar-refractivity contribution >= 4 is 11.9 Å². The molecule has 0 aromatic heterocycles. The van der Waals surface area contributed by atoms with Crippen LogP contribution in [0.4, 0.5) is 4.39 Å². The van der Waals surface area contributed by atoms with Crippen molar-refractivity contribution < 1.29 is 9.18 Å². The summed E-state index contributed by atoms with van der Waals surface area (Å²) in [7, 11) is 1.61. The molecular formula is C22H29FN4O. The van der Waals surface area contributed by atoms with Crippen LogP contribution in [0.5, 0.6) is 0 Å². The Morgan fingerprint density at radius 3 is 2.54 bits per heavy atom. The van der Waals surface area contributed by atoms with Crippen molar-refractivity contribution in [3.05, 3.63) is 71.0 Å². The molecule has 0 saturated heterocycles. The highest BCUT2D eigenvalue weighted by Gasteiger charge is 2.21. The molecule has 2 rings (SSSR count). The summed E-state index contributed by atoms with van der Waals surface area (Å²) in [4.78, 5) is 16.4. The lowest BCUT2D eigenvalue weighted by molar-refractivity contribution is 0.0963. The average molecular weight is 384 g/mol. The lowest BCUT2D eigenvalue weighted by atomic mass is 9.84. The molecule has 0 bridgehead atoms. The van der Waals surface area contributed by atoms with E-state index in [1.54, 1.807) is 25.2 Å². The van der Waals surface area contributed by atoms with Crippen LogP contribution in [-0.4, -0.2) is 32.0 Å². The summed E-state index contributed by atoms with van der Waals surface area (Å²) < 4.78 is 13.6. The molecule has 0 fully saturated rings. The van der Waals surface area contributed by atoms with Crippen molar-refractivity contribution in [3.8, 4) is 0 Å². The van der Waals surface area contributed by atoms with E-state index in [0.717, 1.165) is 17.7 Å². The van der Waals surface area contributed by atoms with E-state index in [-0.39, 0.29) is 17.1 Å². The van der Waals surface area contributed by atoms with Gasteiger partial charge < -0.3 is 16.0 Å². The van der Waals surface area contributed by atoms with Crippen LogP contribution in [0.2, 0.25) is 0 Å². The monoisotopic (exact) mass is 384 g/mol. The molecule has 150 valence electrons. The minimum Gasteiger partial charge on any atom is -0.357 e. The van der Waals surface area contributed by atoms with Crippen LogP contribution in [-0.2, 0) is 12.0 Å². The van der Waals surface area contributed by atoms with Gasteiger partial charge in [0.2, 0.25) is 0 Å². The predicted molar refractivity (Wildman–Crippen MR) is 112 cm³/mol. The first kappa shape index (κ1) is 21.4. The molecule has 0 aliphatic rings. The number of guanidine groups is 1. The molecule has 5 nitrogen and oxygen atoms in total. The van der Waals surface area contributed by atoms with Crippen LogP contribution in [0.25, 0.3) is 0 Å². The minimum absolute atomic E-state index is 0.118. The van der Waals surface area contributed by atoms with Crippen molar-refractivity contribution in [3.63, 3.8) is 0 Å².